The number of carbonyl (C=O) groups excluding carboxylic acids is 2. The van der Waals surface area contributed by atoms with Crippen molar-refractivity contribution in [2.24, 2.45) is 56.2 Å². The lowest BCUT2D eigenvalue weighted by Gasteiger charge is -2.74. The third kappa shape index (κ3) is 2.46. The molecule has 1 spiro atoms. The van der Waals surface area contributed by atoms with Crippen LogP contribution in [0.3, 0.4) is 0 Å². The normalized spacial score (nSPS) is 58.5. The quantitative estimate of drug-likeness (QED) is 0.441. The minimum Gasteiger partial charge on any atom is -0.457 e. The van der Waals surface area contributed by atoms with Crippen LogP contribution < -0.4 is 0 Å². The van der Waals surface area contributed by atoms with E-state index in [0.29, 0.717) is 24.2 Å². The number of ketones is 1. The van der Waals surface area contributed by atoms with E-state index in [0.717, 1.165) is 57.8 Å². The van der Waals surface area contributed by atoms with E-state index in [1.54, 1.807) is 0 Å². The average Bonchev–Trinajstić information content (AvgIpc) is 2.98. The maximum absolute atomic E-state index is 13.8. The number of hydrogen-bond donors (Lipinski definition) is 1. The van der Waals surface area contributed by atoms with Crippen LogP contribution in [0, 0.1) is 56.2 Å². The van der Waals surface area contributed by atoms with Gasteiger partial charge in [-0.15, -0.1) is 0 Å². The van der Waals surface area contributed by atoms with Crippen LogP contribution >= 0.6 is 0 Å². The van der Waals surface area contributed by atoms with Gasteiger partial charge in [-0.3, -0.25) is 9.59 Å². The molecule has 196 valence electrons. The van der Waals surface area contributed by atoms with E-state index in [4.69, 9.17) is 4.74 Å². The Hall–Kier alpha value is -0.900. The van der Waals surface area contributed by atoms with Crippen molar-refractivity contribution in [2.45, 2.75) is 118 Å². The lowest BCUT2D eigenvalue weighted by atomic mass is 9.29. The summed E-state index contributed by atoms with van der Waals surface area (Å²) in [5.41, 5.74) is -0.995. The van der Waals surface area contributed by atoms with E-state index in [1.807, 2.05) is 6.92 Å². The molecular weight excluding hydrogens is 436 g/mol. The first-order valence-corrected chi connectivity index (χ1v) is 14.5. The van der Waals surface area contributed by atoms with Gasteiger partial charge in [0.05, 0.1) is 17.4 Å². The van der Waals surface area contributed by atoms with Crippen LogP contribution in [-0.4, -0.2) is 29.1 Å². The second kappa shape index (κ2) is 6.75. The topological polar surface area (TPSA) is 63.6 Å². The Labute approximate surface area is 212 Å². The Morgan fingerprint density at radius 1 is 0.886 bits per heavy atom. The monoisotopic (exact) mass is 484 g/mol. The third-order valence-electron chi connectivity index (χ3n) is 14.3. The van der Waals surface area contributed by atoms with Gasteiger partial charge < -0.3 is 9.84 Å². The number of hydrogen-bond acceptors (Lipinski definition) is 4. The first-order chi connectivity index (χ1) is 16.2. The molecule has 1 heterocycles. The number of rotatable bonds is 1. The fourth-order valence-electron chi connectivity index (χ4n) is 12.1. The van der Waals surface area contributed by atoms with Crippen LogP contribution in [0.15, 0.2) is 0 Å². The van der Waals surface area contributed by atoms with Crippen molar-refractivity contribution >= 4 is 11.8 Å². The van der Waals surface area contributed by atoms with E-state index < -0.39 is 5.41 Å². The van der Waals surface area contributed by atoms with Crippen molar-refractivity contribution in [3.8, 4) is 0 Å². The molecule has 0 aromatic heterocycles. The summed E-state index contributed by atoms with van der Waals surface area (Å²) in [7, 11) is 0. The van der Waals surface area contributed by atoms with Crippen LogP contribution in [0.2, 0.25) is 0 Å². The molecule has 0 amide bonds. The number of fused-ring (bicyclic) bond motifs is 4. The van der Waals surface area contributed by atoms with E-state index in [-0.39, 0.29) is 57.0 Å². The van der Waals surface area contributed by atoms with Gasteiger partial charge in [0.2, 0.25) is 0 Å². The summed E-state index contributed by atoms with van der Waals surface area (Å²) >= 11 is 0. The van der Waals surface area contributed by atoms with Crippen molar-refractivity contribution in [1.82, 2.24) is 0 Å². The molecule has 4 nitrogen and oxygen atoms in total. The number of aliphatic hydroxyl groups excluding tert-OH is 1. The molecule has 0 radical (unpaired) electrons. The van der Waals surface area contributed by atoms with E-state index in [9.17, 15) is 14.7 Å². The maximum Gasteiger partial charge on any atom is 0.313 e. The zero-order valence-electron chi connectivity index (χ0n) is 23.3. The minimum atomic E-state index is -0.622. The van der Waals surface area contributed by atoms with Crippen molar-refractivity contribution in [3.05, 3.63) is 0 Å². The number of Topliss-reactive ketones (excluding diaryl/α,β-unsaturated/α-hetero) is 1. The summed E-state index contributed by atoms with van der Waals surface area (Å²) in [6.45, 7) is 16.7. The first-order valence-electron chi connectivity index (χ1n) is 14.5. The van der Waals surface area contributed by atoms with Gasteiger partial charge >= 0.3 is 5.97 Å². The average molecular weight is 485 g/mol. The van der Waals surface area contributed by atoms with Crippen LogP contribution in [0.1, 0.15) is 113 Å². The second-order valence-corrected chi connectivity index (χ2v) is 15.8. The summed E-state index contributed by atoms with van der Waals surface area (Å²) in [5, 5.41) is 10.4. The molecule has 10 atom stereocenters. The van der Waals surface area contributed by atoms with Crippen LogP contribution in [0.4, 0.5) is 0 Å². The highest BCUT2D eigenvalue weighted by Gasteiger charge is 2.82. The Kier molecular flexibility index (Phi) is 4.71. The highest BCUT2D eigenvalue weighted by Crippen LogP contribution is 2.81. The summed E-state index contributed by atoms with van der Waals surface area (Å²) in [4.78, 5) is 26.9. The Morgan fingerprint density at radius 2 is 1.57 bits per heavy atom. The fraction of sp³-hybridized carbons (Fsp3) is 0.935. The van der Waals surface area contributed by atoms with Gasteiger partial charge in [-0.05, 0) is 91.8 Å². The van der Waals surface area contributed by atoms with E-state index >= 15 is 0 Å². The van der Waals surface area contributed by atoms with Gasteiger partial charge in [-0.25, -0.2) is 0 Å². The van der Waals surface area contributed by atoms with Crippen LogP contribution in [0.5, 0.6) is 0 Å². The standard InChI is InChI=1S/C31H48O4/c1-19-16-21-26(4)10-9-23(33)27(5,18-32)20(26)8-11-28(21,6)29(7)13-15-30-14-12-25(2,3)17-22(30)31(19,29)35-24(30)34/h19-22,32H,8-18H2,1-7H3/t19-,20?,21?,22+,26-,27-,28+,29-,30-,31-/m0/s1. The summed E-state index contributed by atoms with van der Waals surface area (Å²) < 4.78 is 6.85. The molecule has 2 bridgehead atoms. The highest BCUT2D eigenvalue weighted by molar-refractivity contribution is 5.86. The second-order valence-electron chi connectivity index (χ2n) is 15.8. The summed E-state index contributed by atoms with van der Waals surface area (Å²) in [6.07, 6.45) is 9.89. The largest absolute Gasteiger partial charge is 0.457 e. The third-order valence-corrected chi connectivity index (χ3v) is 14.3. The molecule has 0 aromatic carbocycles. The molecule has 1 N–H and O–H groups in total. The van der Waals surface area contributed by atoms with Gasteiger partial charge in [-0.2, -0.15) is 0 Å². The summed E-state index contributed by atoms with van der Waals surface area (Å²) in [6, 6.07) is 0. The van der Waals surface area contributed by atoms with Gasteiger partial charge in [0, 0.05) is 17.8 Å². The predicted octanol–water partition coefficient (Wildman–Crippen LogP) is 6.33. The van der Waals surface area contributed by atoms with Gasteiger partial charge in [0.1, 0.15) is 11.4 Å². The Balaban J connectivity index is 1.49. The minimum absolute atomic E-state index is 0.0280. The van der Waals surface area contributed by atoms with Crippen molar-refractivity contribution in [2.75, 3.05) is 6.61 Å². The van der Waals surface area contributed by atoms with E-state index in [1.165, 1.54) is 0 Å². The van der Waals surface area contributed by atoms with E-state index in [2.05, 4.69) is 41.5 Å². The Bertz CT molecular complexity index is 986. The fourth-order valence-corrected chi connectivity index (χ4v) is 12.1. The van der Waals surface area contributed by atoms with Gasteiger partial charge in [0.25, 0.3) is 0 Å². The molecule has 5 aliphatic carbocycles. The lowest BCUT2D eigenvalue weighted by Crippen LogP contribution is -2.74. The molecule has 4 heteroatoms. The molecule has 6 rings (SSSR count). The van der Waals surface area contributed by atoms with Gasteiger partial charge in [-0.1, -0.05) is 48.5 Å². The number of aliphatic hydroxyl groups is 1. The maximum atomic E-state index is 13.8. The van der Waals surface area contributed by atoms with Crippen LogP contribution in [0.25, 0.3) is 0 Å². The van der Waals surface area contributed by atoms with Crippen molar-refractivity contribution in [3.63, 3.8) is 0 Å². The number of esters is 1. The molecule has 2 unspecified atom stereocenters. The lowest BCUT2D eigenvalue weighted by molar-refractivity contribution is -0.298. The highest BCUT2D eigenvalue weighted by atomic mass is 16.6. The van der Waals surface area contributed by atoms with Crippen LogP contribution in [-0.2, 0) is 14.3 Å². The summed E-state index contributed by atoms with van der Waals surface area (Å²) in [5.74, 6) is 1.71. The molecule has 5 saturated carbocycles. The molecule has 6 aliphatic rings. The molecule has 1 saturated heterocycles. The predicted molar refractivity (Wildman–Crippen MR) is 135 cm³/mol. The zero-order valence-corrected chi connectivity index (χ0v) is 23.3. The van der Waals surface area contributed by atoms with Crippen molar-refractivity contribution in [1.29, 1.82) is 0 Å². The number of ether oxygens (including phenoxy) is 1. The zero-order chi connectivity index (χ0) is 25.4. The van der Waals surface area contributed by atoms with Crippen molar-refractivity contribution < 1.29 is 19.4 Å². The molecule has 35 heavy (non-hydrogen) atoms. The molecule has 1 aliphatic heterocycles. The first kappa shape index (κ1) is 24.4. The van der Waals surface area contributed by atoms with Gasteiger partial charge in [0.15, 0.2) is 0 Å². The molecule has 6 fully saturated rings. The SMILES string of the molecule is C[C@H]1CC2[C@@]3(C)CCC(=O)[C@@](C)(CO)C3CC[C@@]2(C)[C@]2(C)CC[C@@]34CCC(C)(C)C[C@H]3[C@@]12OC4=O. The molecule has 0 aromatic rings. The smallest absolute Gasteiger partial charge is 0.313 e. The number of carbonyl (C=O) groups is 2. The Morgan fingerprint density at radius 3 is 2.26 bits per heavy atom. The molecular formula is C31H48O4.